The fraction of sp³-hybridized carbons (Fsp3) is 0.750. The van der Waals surface area contributed by atoms with Crippen molar-refractivity contribution in [3.63, 3.8) is 0 Å². The van der Waals surface area contributed by atoms with Crippen molar-refractivity contribution in [1.29, 1.82) is 0 Å². The molecule has 0 spiro atoms. The molecule has 0 saturated heterocycles. The second kappa shape index (κ2) is 31.0. The lowest BCUT2D eigenvalue weighted by atomic mass is 10.5. The monoisotopic (exact) mass is 837 g/mol. The van der Waals surface area contributed by atoms with Crippen LogP contribution in [0.5, 0.6) is 0 Å². The van der Waals surface area contributed by atoms with E-state index in [0.717, 1.165) is 19.1 Å². The number of carbonyl (C=O) groups excluding carboxylic acids is 1. The third kappa shape index (κ3) is 33.0. The number of hydrogen-bond donors (Lipinski definition) is 0. The van der Waals surface area contributed by atoms with Crippen molar-refractivity contribution in [3.05, 3.63) is 0 Å². The van der Waals surface area contributed by atoms with E-state index in [0.29, 0.717) is 5.92 Å². The second-order valence-corrected chi connectivity index (χ2v) is 41.9. The van der Waals surface area contributed by atoms with Crippen molar-refractivity contribution in [1.82, 2.24) is 0 Å². The van der Waals surface area contributed by atoms with E-state index in [4.69, 9.17) is 22.4 Å². The van der Waals surface area contributed by atoms with E-state index >= 15 is 0 Å². The van der Waals surface area contributed by atoms with Crippen LogP contribution in [0.1, 0.15) is 12.8 Å². The summed E-state index contributed by atoms with van der Waals surface area (Å²) in [5.74, 6) is 0.454. The summed E-state index contributed by atoms with van der Waals surface area (Å²) in [6.45, 7) is 0. The molecule has 0 amide bonds. The summed E-state index contributed by atoms with van der Waals surface area (Å²) >= 11 is 9.54. The SMILES string of the molecule is O=CC1CC1.S=S=S=S=S=S=S=S=S=S=S=S=S=S=S=S=S=S=S=S=S=S=S=S. The Morgan fingerprint density at radius 3 is 0.759 bits per heavy atom. The van der Waals surface area contributed by atoms with Crippen LogP contribution in [-0.4, -0.2) is 6.29 Å². The van der Waals surface area contributed by atoms with Crippen molar-refractivity contribution >= 4 is 224 Å². The van der Waals surface area contributed by atoms with Gasteiger partial charge in [0.05, 0.1) is 0 Å². The Morgan fingerprint density at radius 2 is 0.655 bits per heavy atom. The van der Waals surface area contributed by atoms with Crippen LogP contribution in [0.15, 0.2) is 0 Å². The first kappa shape index (κ1) is 34.0. The Bertz CT molecular complexity index is 1370. The predicted molar refractivity (Wildman–Crippen MR) is 196 cm³/mol. The Kier molecular flexibility index (Phi) is 36.3. The molecule has 1 nitrogen and oxygen atoms in total. The average Bonchev–Trinajstić information content (AvgIpc) is 3.57. The minimum Gasteiger partial charge on any atom is -0.303 e. The van der Waals surface area contributed by atoms with Gasteiger partial charge in [0.15, 0.2) is 0 Å². The summed E-state index contributed by atoms with van der Waals surface area (Å²) in [5, 5.41) is 0. The maximum Gasteiger partial charge on any atom is 0.123 e. The quantitative estimate of drug-likeness (QED) is 0.360. The van der Waals surface area contributed by atoms with E-state index in [9.17, 15) is 4.79 Å². The van der Waals surface area contributed by atoms with Crippen molar-refractivity contribution in [2.75, 3.05) is 0 Å². The number of hydrogen-bond acceptors (Lipinski definition) is 3. The zero-order chi connectivity index (χ0) is 21.3. The fourth-order valence-corrected chi connectivity index (χ4v) is 55.3. The Labute approximate surface area is 241 Å². The molecule has 1 rings (SSSR count). The van der Waals surface area contributed by atoms with Crippen LogP contribution in [0.3, 0.4) is 0 Å². The summed E-state index contributed by atoms with van der Waals surface area (Å²) in [5.41, 5.74) is 0. The highest BCUT2D eigenvalue weighted by molar-refractivity contribution is 8.79. The van der Waals surface area contributed by atoms with Gasteiger partial charge in [-0.2, -0.15) is 0 Å². The van der Waals surface area contributed by atoms with Crippen LogP contribution in [0.4, 0.5) is 0 Å². The van der Waals surface area contributed by atoms with Gasteiger partial charge in [-0.15, -0.1) is 0 Å². The molecule has 0 unspecified atom stereocenters. The maximum atomic E-state index is 9.57. The van der Waals surface area contributed by atoms with E-state index in [1.54, 1.807) is 142 Å². The highest BCUT2D eigenvalue weighted by Crippen LogP contribution is 2.25. The Balaban J connectivity index is 0.00000135. The van der Waals surface area contributed by atoms with E-state index in [1.807, 2.05) is 35.5 Å². The molecule has 1 fully saturated rings. The highest BCUT2D eigenvalue weighted by atomic mass is 33.5. The van der Waals surface area contributed by atoms with Gasteiger partial charge in [-0.1, -0.05) is 0 Å². The van der Waals surface area contributed by atoms with Crippen LogP contribution >= 0.6 is 0 Å². The Morgan fingerprint density at radius 1 is 0.448 bits per heavy atom. The zero-order valence-electron chi connectivity index (χ0n) is 12.8. The molecule has 0 radical (unpaired) electrons. The van der Waals surface area contributed by atoms with Crippen LogP contribution in [0.2, 0.25) is 0 Å². The van der Waals surface area contributed by atoms with Crippen molar-refractivity contribution < 1.29 is 4.79 Å². The molecule has 0 heterocycles. The topological polar surface area (TPSA) is 17.1 Å². The van der Waals surface area contributed by atoms with Crippen LogP contribution < -0.4 is 0 Å². The van der Waals surface area contributed by atoms with Gasteiger partial charge in [0.25, 0.3) is 0 Å². The summed E-state index contributed by atoms with van der Waals surface area (Å²) in [7, 11) is 38.1. The van der Waals surface area contributed by atoms with E-state index in [2.05, 4.69) is 0 Å². The third-order valence-electron chi connectivity index (χ3n) is 1.40. The maximum absolute atomic E-state index is 9.57. The minimum absolute atomic E-state index is 0.454. The normalized spacial score (nSPS) is 10.1. The molecule has 0 N–H and O–H groups in total. The van der Waals surface area contributed by atoms with Gasteiger partial charge in [-0.25, -0.2) is 0 Å². The standard InChI is InChI=1S/C4H6O.S24/c5-3-4-1-2-4;1-3-5-7-9-11-13-15-17-19-21-23-24-22-20-18-16-14-12-10-8-6-4-2/h3-4H,1-2H2;. The first-order chi connectivity index (χ1) is 14.3. The van der Waals surface area contributed by atoms with E-state index in [1.165, 1.54) is 17.8 Å². The van der Waals surface area contributed by atoms with Crippen LogP contribution in [-0.2, 0) is 223 Å². The summed E-state index contributed by atoms with van der Waals surface area (Å²) < 4.78 is 0. The molecule has 25 heteroatoms. The smallest absolute Gasteiger partial charge is 0.123 e. The molecule has 0 aliphatic heterocycles. The first-order valence-corrected chi connectivity index (χ1v) is 36.4. The number of rotatable bonds is 1. The van der Waals surface area contributed by atoms with Crippen molar-refractivity contribution in [2.45, 2.75) is 12.8 Å². The average molecular weight is 840 g/mol. The molecule has 0 aromatic heterocycles. The molecular formula is C4H6OS24. The Hall–Kier alpha value is 4.95. The largest absolute Gasteiger partial charge is 0.303 e. The lowest BCUT2D eigenvalue weighted by molar-refractivity contribution is -0.108. The molecule has 29 heavy (non-hydrogen) atoms. The summed E-state index contributed by atoms with van der Waals surface area (Å²) in [6.07, 6.45) is 3.31. The molecule has 0 aromatic rings. The fourth-order valence-electron chi connectivity index (χ4n) is 0.459. The molecule has 1 saturated carbocycles. The molecular weight excluding hydrogens is 834 g/mol. The molecule has 0 aromatic carbocycles. The number of carbonyl (C=O) groups is 1. The molecule has 1 aliphatic rings. The summed E-state index contributed by atoms with van der Waals surface area (Å²) in [6, 6.07) is 0. The van der Waals surface area contributed by atoms with Crippen LogP contribution in [0, 0.1) is 5.92 Å². The van der Waals surface area contributed by atoms with E-state index in [-0.39, 0.29) is 0 Å². The molecule has 1 aliphatic carbocycles. The zero-order valence-corrected chi connectivity index (χ0v) is 32.4. The van der Waals surface area contributed by atoms with Gasteiger partial charge in [-0.05, 0) is 12.8 Å². The van der Waals surface area contributed by atoms with Gasteiger partial charge in [0.2, 0.25) is 0 Å². The van der Waals surface area contributed by atoms with Gasteiger partial charge in [0.1, 0.15) is 6.29 Å². The van der Waals surface area contributed by atoms with Crippen molar-refractivity contribution in [3.8, 4) is 0 Å². The first-order valence-electron chi connectivity index (χ1n) is 5.72. The van der Waals surface area contributed by atoms with Gasteiger partial charge >= 0.3 is 0 Å². The van der Waals surface area contributed by atoms with Gasteiger partial charge < -0.3 is 4.79 Å². The summed E-state index contributed by atoms with van der Waals surface area (Å²) in [4.78, 5) is 9.57. The highest BCUT2D eigenvalue weighted by Gasteiger charge is 2.18. The lowest BCUT2D eigenvalue weighted by Gasteiger charge is -1.56. The number of aldehydes is 1. The predicted octanol–water partition coefficient (Wildman–Crippen LogP) is 0.538. The molecule has 0 bridgehead atoms. The van der Waals surface area contributed by atoms with Crippen LogP contribution in [0.25, 0.3) is 0 Å². The second-order valence-electron chi connectivity index (χ2n) is 2.97. The molecule has 0 atom stereocenters. The van der Waals surface area contributed by atoms with E-state index < -0.39 is 0 Å². The van der Waals surface area contributed by atoms with Crippen molar-refractivity contribution in [2.24, 2.45) is 5.92 Å². The van der Waals surface area contributed by atoms with Gasteiger partial charge in [0, 0.05) is 224 Å². The third-order valence-corrected chi connectivity index (χ3v) is 48.1. The molecule has 172 valence electrons. The minimum atomic E-state index is 0.454. The van der Waals surface area contributed by atoms with Gasteiger partial charge in [-0.3, -0.25) is 0 Å². The lowest BCUT2D eigenvalue weighted by Crippen LogP contribution is -1.66.